The first-order chi connectivity index (χ1) is 7.27. The minimum Gasteiger partial charge on any atom is -0.352 e. The molecule has 1 atom stereocenters. The summed E-state index contributed by atoms with van der Waals surface area (Å²) in [4.78, 5) is 1.72. The lowest BCUT2D eigenvalue weighted by Crippen LogP contribution is -3.11. The van der Waals surface area contributed by atoms with Gasteiger partial charge in [0.2, 0.25) is 0 Å². The van der Waals surface area contributed by atoms with E-state index in [1.807, 2.05) is 0 Å². The molecule has 0 saturated carbocycles. The summed E-state index contributed by atoms with van der Waals surface area (Å²) in [5, 5.41) is 0. The molecule has 0 aliphatic carbocycles. The van der Waals surface area contributed by atoms with Crippen molar-refractivity contribution in [1.82, 2.24) is 4.57 Å². The highest BCUT2D eigenvalue weighted by molar-refractivity contribution is 4.92. The zero-order chi connectivity index (χ0) is 11.1. The van der Waals surface area contributed by atoms with Crippen LogP contribution in [0.1, 0.15) is 39.7 Å². The number of quaternary nitrogens is 1. The lowest BCUT2D eigenvalue weighted by Gasteiger charge is -2.17. The highest BCUT2D eigenvalue weighted by Crippen LogP contribution is 2.11. The monoisotopic (exact) mass is 209 g/mol. The van der Waals surface area contributed by atoms with Gasteiger partial charge in [0.05, 0.1) is 19.6 Å². The molecule has 0 fully saturated rings. The van der Waals surface area contributed by atoms with Gasteiger partial charge in [0.15, 0.2) is 0 Å². The first-order valence-corrected chi connectivity index (χ1v) is 6.24. The van der Waals surface area contributed by atoms with Crippen LogP contribution in [-0.4, -0.2) is 24.2 Å². The maximum Gasteiger partial charge on any atom is 0.0771 e. The quantitative estimate of drug-likeness (QED) is 0.701. The molecule has 0 aliphatic rings. The van der Waals surface area contributed by atoms with Crippen molar-refractivity contribution in [3.8, 4) is 0 Å². The first-order valence-electron chi connectivity index (χ1n) is 6.24. The van der Waals surface area contributed by atoms with Crippen molar-refractivity contribution in [2.75, 3.05) is 19.6 Å². The van der Waals surface area contributed by atoms with Gasteiger partial charge in [0, 0.05) is 18.4 Å². The van der Waals surface area contributed by atoms with Crippen molar-refractivity contribution >= 4 is 0 Å². The molecule has 0 bridgehead atoms. The van der Waals surface area contributed by atoms with E-state index in [0.29, 0.717) is 6.04 Å². The van der Waals surface area contributed by atoms with E-state index in [1.165, 1.54) is 32.5 Å². The summed E-state index contributed by atoms with van der Waals surface area (Å²) in [5.41, 5.74) is 0. The Hall–Kier alpha value is -0.760. The molecule has 0 aromatic carbocycles. The third-order valence-electron chi connectivity index (χ3n) is 3.29. The third kappa shape index (κ3) is 4.08. The van der Waals surface area contributed by atoms with Crippen molar-refractivity contribution in [1.29, 1.82) is 0 Å². The molecule has 15 heavy (non-hydrogen) atoms. The molecule has 86 valence electrons. The van der Waals surface area contributed by atoms with E-state index < -0.39 is 0 Å². The van der Waals surface area contributed by atoms with Crippen molar-refractivity contribution < 1.29 is 4.90 Å². The molecule has 2 nitrogen and oxygen atoms in total. The number of hydrogen-bond donors (Lipinski definition) is 1. The van der Waals surface area contributed by atoms with E-state index in [9.17, 15) is 0 Å². The molecule has 0 spiro atoms. The van der Waals surface area contributed by atoms with Gasteiger partial charge in [-0.3, -0.25) is 0 Å². The molecule has 2 heteroatoms. The van der Waals surface area contributed by atoms with Gasteiger partial charge in [-0.05, 0) is 45.7 Å². The maximum absolute atomic E-state index is 2.30. The minimum atomic E-state index is 0.648. The van der Waals surface area contributed by atoms with Crippen LogP contribution in [0.25, 0.3) is 0 Å². The topological polar surface area (TPSA) is 9.37 Å². The van der Waals surface area contributed by atoms with E-state index >= 15 is 0 Å². The molecule has 1 rings (SSSR count). The summed E-state index contributed by atoms with van der Waals surface area (Å²) >= 11 is 0. The van der Waals surface area contributed by atoms with E-state index in [-0.39, 0.29) is 0 Å². The van der Waals surface area contributed by atoms with Crippen LogP contribution in [0, 0.1) is 0 Å². The molecule has 0 amide bonds. The summed E-state index contributed by atoms with van der Waals surface area (Å²) in [5.74, 6) is 0. The Morgan fingerprint density at radius 3 is 2.27 bits per heavy atom. The molecule has 1 N–H and O–H groups in total. The fourth-order valence-corrected chi connectivity index (χ4v) is 2.04. The predicted octanol–water partition coefficient (Wildman–Crippen LogP) is 1.75. The minimum absolute atomic E-state index is 0.648. The van der Waals surface area contributed by atoms with Crippen molar-refractivity contribution in [2.45, 2.75) is 39.7 Å². The van der Waals surface area contributed by atoms with E-state index in [4.69, 9.17) is 0 Å². The smallest absolute Gasteiger partial charge is 0.0771 e. The molecular formula is C13H25N2+. The fraction of sp³-hybridized carbons (Fsp3) is 0.692. The Balaban J connectivity index is 2.20. The van der Waals surface area contributed by atoms with Crippen LogP contribution < -0.4 is 4.90 Å². The van der Waals surface area contributed by atoms with Crippen LogP contribution >= 0.6 is 0 Å². The third-order valence-corrected chi connectivity index (χ3v) is 3.29. The molecule has 0 aliphatic heterocycles. The van der Waals surface area contributed by atoms with Crippen LogP contribution in [0.3, 0.4) is 0 Å². The SMILES string of the molecule is CC[NH+](CC)CCC[C@H](C)n1cccc1. The molecule has 0 unspecified atom stereocenters. The number of rotatable bonds is 7. The number of aromatic nitrogens is 1. The van der Waals surface area contributed by atoms with Crippen molar-refractivity contribution in [3.63, 3.8) is 0 Å². The fourth-order valence-electron chi connectivity index (χ4n) is 2.04. The number of nitrogens with zero attached hydrogens (tertiary/aromatic N) is 1. The molecule has 1 heterocycles. The van der Waals surface area contributed by atoms with Gasteiger partial charge in [-0.1, -0.05) is 0 Å². The lowest BCUT2D eigenvalue weighted by molar-refractivity contribution is -0.896. The average molecular weight is 209 g/mol. The Morgan fingerprint density at radius 2 is 1.73 bits per heavy atom. The second kappa shape index (κ2) is 6.67. The average Bonchev–Trinajstić information content (AvgIpc) is 2.77. The van der Waals surface area contributed by atoms with Crippen LogP contribution in [0.15, 0.2) is 24.5 Å². The van der Waals surface area contributed by atoms with Gasteiger partial charge in [-0.2, -0.15) is 0 Å². The Labute approximate surface area is 93.9 Å². The molecule has 0 saturated heterocycles. The summed E-state index contributed by atoms with van der Waals surface area (Å²) in [6, 6.07) is 4.85. The highest BCUT2D eigenvalue weighted by Gasteiger charge is 2.06. The first kappa shape index (κ1) is 12.3. The van der Waals surface area contributed by atoms with Crippen molar-refractivity contribution in [2.24, 2.45) is 0 Å². The standard InChI is InChI=1S/C13H24N2/c1-4-14(5-2)10-8-9-13(3)15-11-6-7-12-15/h6-7,11-13H,4-5,8-10H2,1-3H3/p+1/t13-/m0/s1. The molecular weight excluding hydrogens is 184 g/mol. The Kier molecular flexibility index (Phi) is 5.48. The predicted molar refractivity (Wildman–Crippen MR) is 65.3 cm³/mol. The van der Waals surface area contributed by atoms with Gasteiger partial charge in [0.25, 0.3) is 0 Å². The largest absolute Gasteiger partial charge is 0.352 e. The van der Waals surface area contributed by atoms with Crippen molar-refractivity contribution in [3.05, 3.63) is 24.5 Å². The van der Waals surface area contributed by atoms with Crippen LogP contribution in [0.2, 0.25) is 0 Å². The van der Waals surface area contributed by atoms with Gasteiger partial charge in [-0.15, -0.1) is 0 Å². The summed E-state index contributed by atoms with van der Waals surface area (Å²) in [6.07, 6.45) is 6.94. The Bertz CT molecular complexity index is 237. The molecule has 1 aromatic heterocycles. The highest BCUT2D eigenvalue weighted by atomic mass is 15.1. The lowest BCUT2D eigenvalue weighted by atomic mass is 10.1. The van der Waals surface area contributed by atoms with Crippen LogP contribution in [0.4, 0.5) is 0 Å². The van der Waals surface area contributed by atoms with Gasteiger partial charge >= 0.3 is 0 Å². The van der Waals surface area contributed by atoms with E-state index in [0.717, 1.165) is 0 Å². The second-order valence-corrected chi connectivity index (χ2v) is 4.33. The zero-order valence-electron chi connectivity index (χ0n) is 10.4. The molecule has 0 radical (unpaired) electrons. The number of nitrogens with one attached hydrogen (secondary N) is 1. The summed E-state index contributed by atoms with van der Waals surface area (Å²) in [6.45, 7) is 10.7. The normalized spacial score (nSPS) is 13.3. The summed E-state index contributed by atoms with van der Waals surface area (Å²) < 4.78 is 2.30. The molecule has 1 aromatic rings. The van der Waals surface area contributed by atoms with E-state index in [2.05, 4.69) is 49.9 Å². The van der Waals surface area contributed by atoms with Crippen LogP contribution in [0.5, 0.6) is 0 Å². The zero-order valence-corrected chi connectivity index (χ0v) is 10.4. The summed E-state index contributed by atoms with van der Waals surface area (Å²) in [7, 11) is 0. The maximum atomic E-state index is 2.30. The van der Waals surface area contributed by atoms with Gasteiger partial charge in [0.1, 0.15) is 0 Å². The van der Waals surface area contributed by atoms with Gasteiger partial charge in [-0.25, -0.2) is 0 Å². The van der Waals surface area contributed by atoms with Crippen LogP contribution in [-0.2, 0) is 0 Å². The second-order valence-electron chi connectivity index (χ2n) is 4.33. The Morgan fingerprint density at radius 1 is 1.13 bits per heavy atom. The number of hydrogen-bond acceptors (Lipinski definition) is 0. The van der Waals surface area contributed by atoms with E-state index in [1.54, 1.807) is 4.90 Å². The van der Waals surface area contributed by atoms with Gasteiger partial charge < -0.3 is 9.47 Å².